The smallest absolute Gasteiger partial charge is 0.349 e. The number of rotatable bonds is 0. The van der Waals surface area contributed by atoms with Gasteiger partial charge in [-0.2, -0.15) is 0 Å². The summed E-state index contributed by atoms with van der Waals surface area (Å²) in [4.78, 5) is 0. The van der Waals surface area contributed by atoms with Gasteiger partial charge in [-0.1, -0.05) is 0 Å². The maximum atomic E-state index is 5.86. The van der Waals surface area contributed by atoms with Crippen molar-refractivity contribution in [3.63, 3.8) is 0 Å². The van der Waals surface area contributed by atoms with E-state index in [1.165, 1.54) is 0 Å². The third-order valence-corrected chi connectivity index (χ3v) is 4.31. The van der Waals surface area contributed by atoms with E-state index in [0.717, 1.165) is 0 Å². The van der Waals surface area contributed by atoms with E-state index in [1.807, 2.05) is 13.8 Å². The average Bonchev–Trinajstić information content (AvgIpc) is 2.15. The molecule has 0 aromatic rings. The molecule has 0 amide bonds. The van der Waals surface area contributed by atoms with Crippen LogP contribution < -0.4 is 11.5 Å². The van der Waals surface area contributed by atoms with Crippen LogP contribution in [0, 0.1) is 0 Å². The van der Waals surface area contributed by atoms with Gasteiger partial charge in [0.05, 0.1) is 37.5 Å². The van der Waals surface area contributed by atoms with Gasteiger partial charge >= 0.3 is 9.05 Å². The van der Waals surface area contributed by atoms with E-state index in [-0.39, 0.29) is 0 Å². The van der Waals surface area contributed by atoms with Crippen molar-refractivity contribution in [2.24, 2.45) is 11.5 Å². The second-order valence-corrected chi connectivity index (χ2v) is 7.12. The van der Waals surface area contributed by atoms with Crippen LogP contribution in [0.25, 0.3) is 0 Å². The van der Waals surface area contributed by atoms with Gasteiger partial charge in [-0.05, 0) is 13.8 Å². The standard InChI is InChI=1S/C8H18N2O4Si/c1-7(9)3-11-15(12-4-7)13-5-8(2,10)6-14-15/h3-6,9-10H2,1-2H3. The van der Waals surface area contributed by atoms with E-state index in [2.05, 4.69) is 0 Å². The van der Waals surface area contributed by atoms with Crippen LogP contribution in [-0.4, -0.2) is 46.6 Å². The SMILES string of the molecule is CC1(N)CO[Si]2(OC1)OCC(C)(N)CO2. The van der Waals surface area contributed by atoms with Crippen molar-refractivity contribution >= 4 is 9.05 Å². The van der Waals surface area contributed by atoms with Crippen LogP contribution in [0.1, 0.15) is 13.8 Å². The number of hydrogen-bond acceptors (Lipinski definition) is 6. The van der Waals surface area contributed by atoms with Gasteiger partial charge in [0.1, 0.15) is 0 Å². The third kappa shape index (κ3) is 2.56. The molecule has 2 aliphatic heterocycles. The zero-order valence-electron chi connectivity index (χ0n) is 9.12. The summed E-state index contributed by atoms with van der Waals surface area (Å²) in [5.41, 5.74) is 10.8. The fraction of sp³-hybridized carbons (Fsp3) is 1.00. The lowest BCUT2D eigenvalue weighted by Gasteiger charge is -2.43. The van der Waals surface area contributed by atoms with E-state index in [1.54, 1.807) is 0 Å². The quantitative estimate of drug-likeness (QED) is 0.520. The average molecular weight is 234 g/mol. The maximum absolute atomic E-state index is 5.86. The molecule has 0 aromatic heterocycles. The van der Waals surface area contributed by atoms with Crippen LogP contribution in [0.5, 0.6) is 0 Å². The molecular formula is C8H18N2O4Si. The normalized spacial score (nSPS) is 52.0. The second-order valence-electron chi connectivity index (χ2n) is 4.96. The van der Waals surface area contributed by atoms with E-state index < -0.39 is 20.1 Å². The molecule has 0 unspecified atom stereocenters. The van der Waals surface area contributed by atoms with Gasteiger partial charge in [-0.3, -0.25) is 0 Å². The molecule has 7 heteroatoms. The van der Waals surface area contributed by atoms with E-state index in [4.69, 9.17) is 29.2 Å². The molecule has 0 aromatic carbocycles. The summed E-state index contributed by atoms with van der Waals surface area (Å²) < 4.78 is 22.0. The molecule has 4 N–H and O–H groups in total. The van der Waals surface area contributed by atoms with Crippen LogP contribution in [0.2, 0.25) is 0 Å². The van der Waals surface area contributed by atoms with Crippen LogP contribution in [0.3, 0.4) is 0 Å². The summed E-state index contributed by atoms with van der Waals surface area (Å²) in [7, 11) is -2.91. The van der Waals surface area contributed by atoms with Crippen molar-refractivity contribution in [3.05, 3.63) is 0 Å². The van der Waals surface area contributed by atoms with Crippen LogP contribution in [-0.2, 0) is 17.7 Å². The molecule has 2 rings (SSSR count). The maximum Gasteiger partial charge on any atom is 0.679 e. The Bertz CT molecular complexity index is 210. The Morgan fingerprint density at radius 2 is 1.07 bits per heavy atom. The lowest BCUT2D eigenvalue weighted by molar-refractivity contribution is -0.121. The van der Waals surface area contributed by atoms with E-state index >= 15 is 0 Å². The molecule has 2 aliphatic rings. The lowest BCUT2D eigenvalue weighted by atomic mass is 10.1. The molecule has 2 saturated heterocycles. The van der Waals surface area contributed by atoms with Gasteiger partial charge in [-0.25, -0.2) is 0 Å². The Kier molecular flexibility index (Phi) is 2.67. The van der Waals surface area contributed by atoms with E-state index in [0.29, 0.717) is 26.4 Å². The zero-order chi connectivity index (χ0) is 11.2. The highest BCUT2D eigenvalue weighted by atomic mass is 28.4. The fourth-order valence-corrected chi connectivity index (χ4v) is 3.87. The molecule has 15 heavy (non-hydrogen) atoms. The summed E-state index contributed by atoms with van der Waals surface area (Å²) in [5, 5.41) is 0. The Balaban J connectivity index is 1.95. The Morgan fingerprint density at radius 1 is 0.800 bits per heavy atom. The van der Waals surface area contributed by atoms with Crippen molar-refractivity contribution in [2.45, 2.75) is 24.9 Å². The van der Waals surface area contributed by atoms with Gasteiger partial charge in [0.25, 0.3) is 0 Å². The van der Waals surface area contributed by atoms with Crippen molar-refractivity contribution in [3.8, 4) is 0 Å². The van der Waals surface area contributed by atoms with Gasteiger partial charge in [0.15, 0.2) is 0 Å². The summed E-state index contributed by atoms with van der Waals surface area (Å²) in [6, 6.07) is 0. The zero-order valence-corrected chi connectivity index (χ0v) is 10.1. The second kappa shape index (κ2) is 3.49. The minimum absolute atomic E-state index is 0.389. The number of hydrogen-bond donors (Lipinski definition) is 2. The van der Waals surface area contributed by atoms with Crippen LogP contribution >= 0.6 is 0 Å². The van der Waals surface area contributed by atoms with Crippen molar-refractivity contribution in [1.29, 1.82) is 0 Å². The highest BCUT2D eigenvalue weighted by Gasteiger charge is 2.55. The third-order valence-electron chi connectivity index (χ3n) is 2.31. The van der Waals surface area contributed by atoms with Gasteiger partial charge < -0.3 is 29.2 Å². The molecule has 0 atom stereocenters. The molecule has 0 bridgehead atoms. The first kappa shape index (κ1) is 11.5. The summed E-state index contributed by atoms with van der Waals surface area (Å²) >= 11 is 0. The molecule has 2 heterocycles. The molecule has 6 nitrogen and oxygen atoms in total. The monoisotopic (exact) mass is 234 g/mol. The Morgan fingerprint density at radius 3 is 1.33 bits per heavy atom. The minimum Gasteiger partial charge on any atom is -0.349 e. The molecular weight excluding hydrogens is 216 g/mol. The predicted molar refractivity (Wildman–Crippen MR) is 54.7 cm³/mol. The molecule has 0 saturated carbocycles. The first-order valence-corrected chi connectivity index (χ1v) is 6.60. The highest BCUT2D eigenvalue weighted by Crippen LogP contribution is 2.26. The predicted octanol–water partition coefficient (Wildman–Crippen LogP) is -1.05. The van der Waals surface area contributed by atoms with Gasteiger partial charge in [-0.15, -0.1) is 0 Å². The first-order valence-electron chi connectivity index (χ1n) is 4.96. The molecule has 88 valence electrons. The van der Waals surface area contributed by atoms with Gasteiger partial charge in [0, 0.05) is 0 Å². The summed E-state index contributed by atoms with van der Waals surface area (Å²) in [6.45, 7) is 5.29. The summed E-state index contributed by atoms with van der Waals surface area (Å²) in [6.07, 6.45) is 0. The molecule has 0 radical (unpaired) electrons. The lowest BCUT2D eigenvalue weighted by Crippen LogP contribution is -2.68. The van der Waals surface area contributed by atoms with Crippen molar-refractivity contribution < 1.29 is 17.7 Å². The summed E-state index contributed by atoms with van der Waals surface area (Å²) in [5.74, 6) is 0. The number of nitrogens with two attached hydrogens (primary N) is 2. The van der Waals surface area contributed by atoms with Gasteiger partial charge in [0.2, 0.25) is 0 Å². The van der Waals surface area contributed by atoms with Crippen molar-refractivity contribution in [2.75, 3.05) is 26.4 Å². The topological polar surface area (TPSA) is 89.0 Å². The minimum atomic E-state index is -2.91. The van der Waals surface area contributed by atoms with Crippen molar-refractivity contribution in [1.82, 2.24) is 0 Å². The van der Waals surface area contributed by atoms with E-state index in [9.17, 15) is 0 Å². The highest BCUT2D eigenvalue weighted by molar-refractivity contribution is 6.53. The van der Waals surface area contributed by atoms with Crippen LogP contribution in [0.15, 0.2) is 0 Å². The Hall–Kier alpha value is -0.0231. The molecule has 1 spiro atoms. The fourth-order valence-electron chi connectivity index (χ4n) is 1.35. The first-order chi connectivity index (χ1) is 6.83. The Labute approximate surface area is 90.3 Å². The van der Waals surface area contributed by atoms with Crippen LogP contribution in [0.4, 0.5) is 0 Å². The molecule has 0 aliphatic carbocycles. The largest absolute Gasteiger partial charge is 0.679 e. The molecule has 2 fully saturated rings.